The van der Waals surface area contributed by atoms with Crippen LogP contribution in [-0.2, 0) is 0 Å². The van der Waals surface area contributed by atoms with Crippen molar-refractivity contribution >= 4 is 5.78 Å². The normalized spacial score (nSPS) is 11.7. The zero-order chi connectivity index (χ0) is 24.2. The first kappa shape index (κ1) is 22.8. The molecule has 0 radical (unpaired) electrons. The van der Waals surface area contributed by atoms with Crippen molar-refractivity contribution in [1.82, 2.24) is 4.57 Å². The average Bonchev–Trinajstić information content (AvgIpc) is 2.86. The highest BCUT2D eigenvalue weighted by molar-refractivity contribution is 6.06. The highest BCUT2D eigenvalue weighted by atomic mass is 16.3. The topological polar surface area (TPSA) is 83.1 Å². The SMILES string of the molecule is Cc1c(C(=O)C(c2ccccc2)c2ccccc2)c(O)n(C(C)c2ccccc2)c(=O)c1C#N. The van der Waals surface area contributed by atoms with Crippen LogP contribution in [0.1, 0.15) is 57.1 Å². The number of ketones is 1. The highest BCUT2D eigenvalue weighted by Crippen LogP contribution is 2.35. The molecule has 0 spiro atoms. The second-order valence-electron chi connectivity index (χ2n) is 8.19. The molecule has 4 aromatic rings. The first-order chi connectivity index (χ1) is 16.5. The molecule has 0 aliphatic heterocycles. The van der Waals surface area contributed by atoms with E-state index >= 15 is 0 Å². The number of aromatic nitrogens is 1. The van der Waals surface area contributed by atoms with Crippen LogP contribution in [0.5, 0.6) is 5.88 Å². The fourth-order valence-corrected chi connectivity index (χ4v) is 4.39. The number of carbonyl (C=O) groups excluding carboxylic acids is 1. The lowest BCUT2D eigenvalue weighted by atomic mass is 9.83. The first-order valence-electron chi connectivity index (χ1n) is 11.0. The number of aromatic hydroxyl groups is 1. The molecule has 0 bridgehead atoms. The molecule has 5 nitrogen and oxygen atoms in total. The van der Waals surface area contributed by atoms with Crippen LogP contribution in [0.15, 0.2) is 95.8 Å². The van der Waals surface area contributed by atoms with Crippen LogP contribution in [-0.4, -0.2) is 15.5 Å². The Morgan fingerprint density at radius 1 is 0.853 bits per heavy atom. The smallest absolute Gasteiger partial charge is 0.272 e. The van der Waals surface area contributed by atoms with E-state index in [1.54, 1.807) is 6.92 Å². The fourth-order valence-electron chi connectivity index (χ4n) is 4.39. The van der Waals surface area contributed by atoms with Gasteiger partial charge in [0, 0.05) is 0 Å². The minimum absolute atomic E-state index is 0.0170. The molecule has 5 heteroatoms. The summed E-state index contributed by atoms with van der Waals surface area (Å²) in [6.45, 7) is 3.30. The van der Waals surface area contributed by atoms with Gasteiger partial charge in [0.05, 0.1) is 17.5 Å². The summed E-state index contributed by atoms with van der Waals surface area (Å²) < 4.78 is 1.14. The molecule has 1 atom stereocenters. The average molecular weight is 449 g/mol. The van der Waals surface area contributed by atoms with E-state index in [-0.39, 0.29) is 22.5 Å². The Morgan fingerprint density at radius 2 is 1.29 bits per heavy atom. The second kappa shape index (κ2) is 9.60. The summed E-state index contributed by atoms with van der Waals surface area (Å²) in [6, 6.07) is 29.1. The lowest BCUT2D eigenvalue weighted by molar-refractivity contribution is 0.0968. The lowest BCUT2D eigenvalue weighted by Gasteiger charge is -2.23. The number of nitrogens with zero attached hydrogens (tertiary/aromatic N) is 2. The van der Waals surface area contributed by atoms with Crippen molar-refractivity contribution in [3.63, 3.8) is 0 Å². The van der Waals surface area contributed by atoms with Crippen LogP contribution in [0.25, 0.3) is 0 Å². The van der Waals surface area contributed by atoms with Gasteiger partial charge < -0.3 is 5.11 Å². The molecule has 1 aromatic heterocycles. The number of benzene rings is 3. The van der Waals surface area contributed by atoms with E-state index in [0.717, 1.165) is 21.3 Å². The van der Waals surface area contributed by atoms with Crippen LogP contribution in [0.2, 0.25) is 0 Å². The molecule has 3 aromatic carbocycles. The molecular formula is C29H24N2O3. The van der Waals surface area contributed by atoms with Gasteiger partial charge in [-0.1, -0.05) is 91.0 Å². The number of rotatable bonds is 6. The molecule has 4 rings (SSSR count). The summed E-state index contributed by atoms with van der Waals surface area (Å²) in [5.41, 5.74) is 1.67. The predicted molar refractivity (Wildman–Crippen MR) is 131 cm³/mol. The van der Waals surface area contributed by atoms with Gasteiger partial charge in [0.15, 0.2) is 5.78 Å². The van der Waals surface area contributed by atoms with E-state index in [1.807, 2.05) is 97.1 Å². The number of hydrogen-bond donors (Lipinski definition) is 1. The molecule has 0 amide bonds. The molecule has 1 heterocycles. The largest absolute Gasteiger partial charge is 0.494 e. The molecule has 34 heavy (non-hydrogen) atoms. The van der Waals surface area contributed by atoms with Crippen LogP contribution >= 0.6 is 0 Å². The van der Waals surface area contributed by atoms with Gasteiger partial charge in [-0.2, -0.15) is 5.26 Å². The molecule has 168 valence electrons. The standard InChI is InChI=1S/C29H24N2O3/c1-19-24(18-30)28(33)31(20(2)21-12-6-3-7-13-21)29(34)25(19)27(32)26(22-14-8-4-9-15-22)23-16-10-5-11-17-23/h3-17,20,26,34H,1-2H3. The maximum Gasteiger partial charge on any atom is 0.272 e. The fraction of sp³-hybridized carbons (Fsp3) is 0.138. The molecule has 0 aliphatic carbocycles. The zero-order valence-corrected chi connectivity index (χ0v) is 19.0. The minimum atomic E-state index is -0.712. The quantitative estimate of drug-likeness (QED) is 0.403. The maximum atomic E-state index is 14.1. The van der Waals surface area contributed by atoms with Gasteiger partial charge in [-0.3, -0.25) is 14.2 Å². The lowest BCUT2D eigenvalue weighted by Crippen LogP contribution is -2.30. The van der Waals surface area contributed by atoms with Gasteiger partial charge in [0.25, 0.3) is 5.56 Å². The van der Waals surface area contributed by atoms with Crippen molar-refractivity contribution in [2.75, 3.05) is 0 Å². The summed E-state index contributed by atoms with van der Waals surface area (Å²) in [6.07, 6.45) is 0. The van der Waals surface area contributed by atoms with E-state index in [2.05, 4.69) is 0 Å². The third-order valence-electron chi connectivity index (χ3n) is 6.19. The number of Topliss-reactive ketones (excluding diaryl/α,β-unsaturated/α-hetero) is 1. The highest BCUT2D eigenvalue weighted by Gasteiger charge is 2.32. The van der Waals surface area contributed by atoms with Crippen molar-refractivity contribution in [1.29, 1.82) is 5.26 Å². The molecular weight excluding hydrogens is 424 g/mol. The number of pyridine rings is 1. The van der Waals surface area contributed by atoms with E-state index in [9.17, 15) is 20.0 Å². The van der Waals surface area contributed by atoms with Gasteiger partial charge in [0.2, 0.25) is 5.88 Å². The summed E-state index contributed by atoms with van der Waals surface area (Å²) in [4.78, 5) is 27.3. The van der Waals surface area contributed by atoms with Crippen LogP contribution < -0.4 is 5.56 Å². The van der Waals surface area contributed by atoms with Crippen molar-refractivity contribution in [3.05, 3.63) is 135 Å². The molecule has 0 aliphatic rings. The first-order valence-corrected chi connectivity index (χ1v) is 11.0. The third-order valence-corrected chi connectivity index (χ3v) is 6.19. The molecule has 1 unspecified atom stereocenters. The maximum absolute atomic E-state index is 14.1. The van der Waals surface area contributed by atoms with Crippen LogP contribution in [0, 0.1) is 18.3 Å². The molecule has 0 fully saturated rings. The van der Waals surface area contributed by atoms with Crippen molar-refractivity contribution in [2.45, 2.75) is 25.8 Å². The number of hydrogen-bond acceptors (Lipinski definition) is 4. The van der Waals surface area contributed by atoms with Crippen molar-refractivity contribution in [3.8, 4) is 11.9 Å². The Bertz CT molecular complexity index is 1380. The minimum Gasteiger partial charge on any atom is -0.494 e. The summed E-state index contributed by atoms with van der Waals surface area (Å²) in [5, 5.41) is 21.1. The molecule has 0 saturated heterocycles. The Labute approximate surface area is 198 Å². The summed E-state index contributed by atoms with van der Waals surface area (Å²) in [5.74, 6) is -1.52. The van der Waals surface area contributed by atoms with Gasteiger partial charge in [-0.25, -0.2) is 0 Å². The number of carbonyl (C=O) groups is 1. The van der Waals surface area contributed by atoms with Gasteiger partial charge >= 0.3 is 0 Å². The van der Waals surface area contributed by atoms with Crippen LogP contribution in [0.3, 0.4) is 0 Å². The van der Waals surface area contributed by atoms with Crippen molar-refractivity contribution in [2.24, 2.45) is 0 Å². The molecule has 0 saturated carbocycles. The Hall–Kier alpha value is -4.43. The number of nitriles is 1. The Balaban J connectivity index is 1.97. The predicted octanol–water partition coefficient (Wildman–Crippen LogP) is 5.36. The summed E-state index contributed by atoms with van der Waals surface area (Å²) in [7, 11) is 0. The van der Waals surface area contributed by atoms with Crippen molar-refractivity contribution < 1.29 is 9.90 Å². The summed E-state index contributed by atoms with van der Waals surface area (Å²) >= 11 is 0. The van der Waals surface area contributed by atoms with Gasteiger partial charge in [-0.15, -0.1) is 0 Å². The Morgan fingerprint density at radius 3 is 1.74 bits per heavy atom. The van der Waals surface area contributed by atoms with Gasteiger partial charge in [0.1, 0.15) is 11.6 Å². The molecule has 1 N–H and O–H groups in total. The van der Waals surface area contributed by atoms with E-state index < -0.39 is 23.4 Å². The van der Waals surface area contributed by atoms with E-state index in [0.29, 0.717) is 0 Å². The Kier molecular flexibility index (Phi) is 6.42. The monoisotopic (exact) mass is 448 g/mol. The van der Waals surface area contributed by atoms with Crippen LogP contribution in [0.4, 0.5) is 0 Å². The zero-order valence-electron chi connectivity index (χ0n) is 19.0. The third kappa shape index (κ3) is 4.02. The van der Waals surface area contributed by atoms with Gasteiger partial charge in [-0.05, 0) is 36.1 Å². The van der Waals surface area contributed by atoms with E-state index in [4.69, 9.17) is 0 Å². The second-order valence-corrected chi connectivity index (χ2v) is 8.19. The van der Waals surface area contributed by atoms with E-state index in [1.165, 1.54) is 6.92 Å².